The van der Waals surface area contributed by atoms with E-state index in [9.17, 15) is 0 Å². The van der Waals surface area contributed by atoms with Crippen molar-refractivity contribution in [2.24, 2.45) is 5.92 Å². The van der Waals surface area contributed by atoms with Gasteiger partial charge in [0.25, 0.3) is 0 Å². The first-order valence-electron chi connectivity index (χ1n) is 7.99. The smallest absolute Gasteiger partial charge is 0.128 e. The largest absolute Gasteiger partial charge is 0.396 e. The van der Waals surface area contributed by atoms with Gasteiger partial charge in [0, 0.05) is 25.9 Å². The Balaban J connectivity index is 0.000000612. The lowest BCUT2D eigenvalue weighted by molar-refractivity contribution is 0.261. The molecule has 20 heavy (non-hydrogen) atoms. The molecule has 0 saturated carbocycles. The summed E-state index contributed by atoms with van der Waals surface area (Å²) >= 11 is 0. The van der Waals surface area contributed by atoms with Gasteiger partial charge in [0.15, 0.2) is 0 Å². The van der Waals surface area contributed by atoms with Crippen LogP contribution in [-0.4, -0.2) is 29.8 Å². The van der Waals surface area contributed by atoms with Crippen LogP contribution in [0.25, 0.3) is 0 Å². The summed E-state index contributed by atoms with van der Waals surface area (Å²) in [7, 11) is 0. The Kier molecular flexibility index (Phi) is 8.28. The number of aliphatic hydroxyl groups excluding tert-OH is 1. The van der Waals surface area contributed by atoms with Gasteiger partial charge in [-0.25, -0.2) is 4.98 Å². The van der Waals surface area contributed by atoms with Crippen LogP contribution in [0.15, 0.2) is 18.3 Å². The van der Waals surface area contributed by atoms with Crippen LogP contribution in [0.5, 0.6) is 0 Å². The Bertz CT molecular complexity index is 360. The molecule has 0 atom stereocenters. The molecule has 0 spiro atoms. The van der Waals surface area contributed by atoms with Gasteiger partial charge in [-0.1, -0.05) is 20.3 Å². The normalized spacial score (nSPS) is 15.7. The maximum Gasteiger partial charge on any atom is 0.128 e. The number of pyridine rings is 1. The van der Waals surface area contributed by atoms with E-state index in [2.05, 4.69) is 36.7 Å². The monoisotopic (exact) mass is 278 g/mol. The minimum Gasteiger partial charge on any atom is -0.396 e. The van der Waals surface area contributed by atoms with Gasteiger partial charge in [-0.3, -0.25) is 0 Å². The molecule has 0 aliphatic carbocycles. The van der Waals surface area contributed by atoms with E-state index in [0.29, 0.717) is 6.61 Å². The number of nitrogens with zero attached hydrogens (tertiary/aromatic N) is 2. The topological polar surface area (TPSA) is 36.4 Å². The van der Waals surface area contributed by atoms with Crippen molar-refractivity contribution < 1.29 is 5.11 Å². The zero-order chi connectivity index (χ0) is 14.8. The van der Waals surface area contributed by atoms with Gasteiger partial charge >= 0.3 is 0 Å². The first-order valence-corrected chi connectivity index (χ1v) is 7.99. The quantitative estimate of drug-likeness (QED) is 0.910. The zero-order valence-corrected chi connectivity index (χ0v) is 13.3. The minimum atomic E-state index is 0.333. The fourth-order valence-electron chi connectivity index (χ4n) is 2.52. The van der Waals surface area contributed by atoms with E-state index < -0.39 is 0 Å². The molecule has 0 amide bonds. The predicted molar refractivity (Wildman–Crippen MR) is 86.2 cm³/mol. The Morgan fingerprint density at radius 3 is 2.50 bits per heavy atom. The molecule has 1 N–H and O–H groups in total. The maximum atomic E-state index is 8.84. The van der Waals surface area contributed by atoms with Gasteiger partial charge in [0.1, 0.15) is 5.82 Å². The summed E-state index contributed by atoms with van der Waals surface area (Å²) in [5.74, 6) is 1.91. The van der Waals surface area contributed by atoms with E-state index in [-0.39, 0.29) is 0 Å². The number of piperidine rings is 1. The molecule has 0 unspecified atom stereocenters. The Morgan fingerprint density at radius 1 is 1.30 bits per heavy atom. The Hall–Kier alpha value is -1.09. The van der Waals surface area contributed by atoms with Crippen LogP contribution in [-0.2, 0) is 0 Å². The molecular weight excluding hydrogens is 248 g/mol. The first kappa shape index (κ1) is 17.0. The highest BCUT2D eigenvalue weighted by Gasteiger charge is 2.19. The molecule has 3 nitrogen and oxygen atoms in total. The standard InChI is InChI=1S/C14H22N2O.C3H8/c1-12-4-7-15-14(11-12)16-8-5-13(6-9-16)3-2-10-17;1-3-2/h4,7,11,13,17H,2-3,5-6,8-10H2,1H3;3H2,1-2H3. The maximum absolute atomic E-state index is 8.84. The van der Waals surface area contributed by atoms with Gasteiger partial charge in [-0.2, -0.15) is 0 Å². The summed E-state index contributed by atoms with van der Waals surface area (Å²) in [6.07, 6.45) is 7.73. The second-order valence-electron chi connectivity index (χ2n) is 5.69. The lowest BCUT2D eigenvalue weighted by Crippen LogP contribution is -2.34. The number of hydrogen-bond donors (Lipinski definition) is 1. The third kappa shape index (κ3) is 5.91. The fourth-order valence-corrected chi connectivity index (χ4v) is 2.52. The van der Waals surface area contributed by atoms with E-state index in [0.717, 1.165) is 31.2 Å². The molecule has 1 aliphatic heterocycles. The Labute approximate surface area is 124 Å². The van der Waals surface area contributed by atoms with Crippen molar-refractivity contribution in [1.29, 1.82) is 0 Å². The van der Waals surface area contributed by atoms with Crippen molar-refractivity contribution in [3.8, 4) is 0 Å². The van der Waals surface area contributed by atoms with Crippen molar-refractivity contribution in [3.63, 3.8) is 0 Å². The van der Waals surface area contributed by atoms with Crippen LogP contribution >= 0.6 is 0 Å². The molecule has 2 rings (SSSR count). The van der Waals surface area contributed by atoms with Gasteiger partial charge in [-0.15, -0.1) is 0 Å². The third-order valence-electron chi connectivity index (χ3n) is 3.61. The van der Waals surface area contributed by atoms with Crippen molar-refractivity contribution in [3.05, 3.63) is 23.9 Å². The van der Waals surface area contributed by atoms with Crippen molar-refractivity contribution >= 4 is 5.82 Å². The highest BCUT2D eigenvalue weighted by atomic mass is 16.2. The molecule has 0 bridgehead atoms. The molecule has 1 saturated heterocycles. The number of aryl methyl sites for hydroxylation is 1. The summed E-state index contributed by atoms with van der Waals surface area (Å²) in [6, 6.07) is 4.20. The molecule has 1 aromatic heterocycles. The predicted octanol–water partition coefficient (Wildman–Crippen LogP) is 3.80. The fraction of sp³-hybridized carbons (Fsp3) is 0.706. The van der Waals surface area contributed by atoms with Gasteiger partial charge in [0.05, 0.1) is 0 Å². The molecule has 1 fully saturated rings. The lowest BCUT2D eigenvalue weighted by Gasteiger charge is -2.32. The number of aliphatic hydroxyl groups is 1. The van der Waals surface area contributed by atoms with E-state index >= 15 is 0 Å². The number of hydrogen-bond acceptors (Lipinski definition) is 3. The van der Waals surface area contributed by atoms with E-state index in [1.54, 1.807) is 0 Å². The van der Waals surface area contributed by atoms with Crippen LogP contribution in [0, 0.1) is 12.8 Å². The highest BCUT2D eigenvalue weighted by molar-refractivity contribution is 5.40. The number of anilines is 1. The third-order valence-corrected chi connectivity index (χ3v) is 3.61. The van der Waals surface area contributed by atoms with Crippen LogP contribution in [0.3, 0.4) is 0 Å². The molecule has 0 radical (unpaired) electrons. The van der Waals surface area contributed by atoms with Gasteiger partial charge in [0.2, 0.25) is 0 Å². The second kappa shape index (κ2) is 9.76. The minimum absolute atomic E-state index is 0.333. The van der Waals surface area contributed by atoms with Crippen LogP contribution < -0.4 is 4.90 Å². The summed E-state index contributed by atoms with van der Waals surface area (Å²) in [6.45, 7) is 8.90. The number of rotatable bonds is 4. The zero-order valence-electron chi connectivity index (χ0n) is 13.3. The number of aromatic nitrogens is 1. The average molecular weight is 278 g/mol. The van der Waals surface area contributed by atoms with Gasteiger partial charge < -0.3 is 10.0 Å². The molecular formula is C17H30N2O. The van der Waals surface area contributed by atoms with Crippen LogP contribution in [0.2, 0.25) is 0 Å². The van der Waals surface area contributed by atoms with Gasteiger partial charge in [-0.05, 0) is 56.2 Å². The van der Waals surface area contributed by atoms with Crippen molar-refractivity contribution in [1.82, 2.24) is 4.98 Å². The van der Waals surface area contributed by atoms with E-state index in [1.807, 2.05) is 12.3 Å². The summed E-state index contributed by atoms with van der Waals surface area (Å²) in [5, 5.41) is 8.84. The molecule has 1 aromatic rings. The van der Waals surface area contributed by atoms with Crippen molar-refractivity contribution in [2.75, 3.05) is 24.6 Å². The molecule has 2 heterocycles. The lowest BCUT2D eigenvalue weighted by atomic mass is 9.92. The van der Waals surface area contributed by atoms with E-state index in [1.165, 1.54) is 31.2 Å². The summed E-state index contributed by atoms with van der Waals surface area (Å²) < 4.78 is 0. The molecule has 0 aromatic carbocycles. The first-order chi connectivity index (χ1) is 9.71. The average Bonchev–Trinajstić information content (AvgIpc) is 2.46. The second-order valence-corrected chi connectivity index (χ2v) is 5.69. The molecule has 1 aliphatic rings. The molecule has 114 valence electrons. The van der Waals surface area contributed by atoms with Crippen LogP contribution in [0.4, 0.5) is 5.82 Å². The summed E-state index contributed by atoms with van der Waals surface area (Å²) in [4.78, 5) is 6.81. The summed E-state index contributed by atoms with van der Waals surface area (Å²) in [5.41, 5.74) is 1.28. The molecule has 3 heteroatoms. The Morgan fingerprint density at radius 2 is 1.95 bits per heavy atom. The van der Waals surface area contributed by atoms with Crippen LogP contribution in [0.1, 0.15) is 51.5 Å². The van der Waals surface area contributed by atoms with Crippen molar-refractivity contribution in [2.45, 2.75) is 52.9 Å². The highest BCUT2D eigenvalue weighted by Crippen LogP contribution is 2.25. The van der Waals surface area contributed by atoms with E-state index in [4.69, 9.17) is 5.11 Å². The SMILES string of the molecule is CCC.Cc1ccnc(N2CCC(CCCO)CC2)c1.